The van der Waals surface area contributed by atoms with E-state index in [-0.39, 0.29) is 18.1 Å². The van der Waals surface area contributed by atoms with Crippen molar-refractivity contribution in [2.75, 3.05) is 24.6 Å². The van der Waals surface area contributed by atoms with Gasteiger partial charge in [0.15, 0.2) is 0 Å². The van der Waals surface area contributed by atoms with Crippen LogP contribution in [0.3, 0.4) is 0 Å². The fourth-order valence-electron chi connectivity index (χ4n) is 2.95. The lowest BCUT2D eigenvalue weighted by Crippen LogP contribution is -2.53. The highest BCUT2D eigenvalue weighted by Gasteiger charge is 2.34. The Balaban J connectivity index is 1.84. The Morgan fingerprint density at radius 1 is 1.27 bits per heavy atom. The van der Waals surface area contributed by atoms with Gasteiger partial charge < -0.3 is 15.3 Å². The Morgan fingerprint density at radius 3 is 2.32 bits per heavy atom. The highest BCUT2D eigenvalue weighted by atomic mass is 16.3. The van der Waals surface area contributed by atoms with Crippen molar-refractivity contribution >= 4 is 5.69 Å². The number of rotatable bonds is 6. The first-order chi connectivity index (χ1) is 10.2. The van der Waals surface area contributed by atoms with Gasteiger partial charge in [0.1, 0.15) is 5.82 Å². The molecule has 0 bridgehead atoms. The molecule has 1 aromatic rings. The van der Waals surface area contributed by atoms with Gasteiger partial charge in [-0.2, -0.15) is 0 Å². The number of aliphatic hydroxyl groups is 1. The minimum absolute atomic E-state index is 0.0828. The summed E-state index contributed by atoms with van der Waals surface area (Å²) in [5.41, 5.74) is 1.69. The summed E-state index contributed by atoms with van der Waals surface area (Å²) in [5, 5.41) is 12.8. The Hall–Kier alpha value is -1.20. The van der Waals surface area contributed by atoms with Crippen molar-refractivity contribution in [3.8, 4) is 0 Å². The maximum absolute atomic E-state index is 9.46. The molecule has 0 spiro atoms. The van der Waals surface area contributed by atoms with Crippen LogP contribution in [0.5, 0.6) is 0 Å². The molecule has 2 N–H and O–H groups in total. The molecule has 5 nitrogen and oxygen atoms in total. The lowest BCUT2D eigenvalue weighted by atomic mass is 9.84. The average Bonchev–Trinajstić information content (AvgIpc) is 2.40. The number of hydrogen-bond donors (Lipinski definition) is 2. The monoisotopic (exact) mass is 306 g/mol. The summed E-state index contributed by atoms with van der Waals surface area (Å²) < 4.78 is 0. The number of nitrogens with zero attached hydrogens (tertiary/aromatic N) is 3. The lowest BCUT2D eigenvalue weighted by Gasteiger charge is -2.47. The Morgan fingerprint density at radius 2 is 1.86 bits per heavy atom. The zero-order valence-electron chi connectivity index (χ0n) is 14.6. The molecule has 1 saturated heterocycles. The van der Waals surface area contributed by atoms with Gasteiger partial charge in [-0.25, -0.2) is 9.97 Å². The number of anilines is 1. The van der Waals surface area contributed by atoms with Crippen molar-refractivity contribution in [3.05, 3.63) is 18.2 Å². The highest BCUT2D eigenvalue weighted by Crippen LogP contribution is 2.32. The summed E-state index contributed by atoms with van der Waals surface area (Å²) in [7, 11) is 0. The smallest absolute Gasteiger partial charge is 0.142 e. The van der Waals surface area contributed by atoms with Gasteiger partial charge in [-0.15, -0.1) is 0 Å². The first-order valence-electron chi connectivity index (χ1n) is 8.09. The van der Waals surface area contributed by atoms with E-state index in [0.29, 0.717) is 12.0 Å². The largest absolute Gasteiger partial charge is 0.395 e. The zero-order valence-corrected chi connectivity index (χ0v) is 14.6. The minimum Gasteiger partial charge on any atom is -0.395 e. The van der Waals surface area contributed by atoms with Crippen LogP contribution in [0.15, 0.2) is 12.4 Å². The molecule has 124 valence electrons. The summed E-state index contributed by atoms with van der Waals surface area (Å²) in [6.07, 6.45) is 4.72. The fourth-order valence-corrected chi connectivity index (χ4v) is 2.95. The van der Waals surface area contributed by atoms with Crippen molar-refractivity contribution < 1.29 is 5.11 Å². The van der Waals surface area contributed by atoms with Gasteiger partial charge in [-0.05, 0) is 17.3 Å². The first-order valence-corrected chi connectivity index (χ1v) is 8.09. The van der Waals surface area contributed by atoms with Crippen LogP contribution < -0.4 is 10.2 Å². The summed E-state index contributed by atoms with van der Waals surface area (Å²) in [5.74, 6) is 0.774. The van der Waals surface area contributed by atoms with E-state index < -0.39 is 0 Å². The number of aliphatic hydroxyl groups excluding tert-OH is 1. The summed E-state index contributed by atoms with van der Waals surface area (Å²) in [4.78, 5) is 11.2. The van der Waals surface area contributed by atoms with Crippen LogP contribution >= 0.6 is 0 Å². The van der Waals surface area contributed by atoms with Crippen molar-refractivity contribution in [1.29, 1.82) is 0 Å². The topological polar surface area (TPSA) is 61.3 Å². The SMILES string of the molecule is CC(C)(C)C[C@H](CO)NCc1ncc(N2CC(C)(C)C2)cn1. The average molecular weight is 306 g/mol. The van der Waals surface area contributed by atoms with Crippen LogP contribution in [0.4, 0.5) is 5.69 Å². The molecule has 2 rings (SSSR count). The van der Waals surface area contributed by atoms with E-state index in [2.05, 4.69) is 54.8 Å². The molecule has 1 fully saturated rings. The van der Waals surface area contributed by atoms with Crippen molar-refractivity contribution in [3.63, 3.8) is 0 Å². The van der Waals surface area contributed by atoms with Crippen LogP contribution in [0, 0.1) is 10.8 Å². The Bertz CT molecular complexity index is 470. The molecule has 1 aromatic heterocycles. The molecule has 0 aliphatic carbocycles. The second-order valence-corrected chi connectivity index (χ2v) is 8.40. The van der Waals surface area contributed by atoms with Gasteiger partial charge in [0.2, 0.25) is 0 Å². The van der Waals surface area contributed by atoms with Crippen LogP contribution in [0.2, 0.25) is 0 Å². The number of nitrogens with one attached hydrogen (secondary N) is 1. The van der Waals surface area contributed by atoms with E-state index in [1.54, 1.807) is 0 Å². The molecule has 0 amide bonds. The predicted molar refractivity (Wildman–Crippen MR) is 89.8 cm³/mol. The maximum atomic E-state index is 9.46. The molecule has 2 heterocycles. The molecular weight excluding hydrogens is 276 g/mol. The molecule has 0 radical (unpaired) electrons. The van der Waals surface area contributed by atoms with E-state index in [9.17, 15) is 5.11 Å². The van der Waals surface area contributed by atoms with Gasteiger partial charge in [-0.1, -0.05) is 34.6 Å². The molecule has 5 heteroatoms. The Kier molecular flexibility index (Phi) is 5.07. The second kappa shape index (κ2) is 6.50. The summed E-state index contributed by atoms with van der Waals surface area (Å²) >= 11 is 0. The van der Waals surface area contributed by atoms with E-state index in [1.807, 2.05) is 12.4 Å². The lowest BCUT2D eigenvalue weighted by molar-refractivity contribution is 0.197. The molecule has 1 aliphatic rings. The summed E-state index contributed by atoms with van der Waals surface area (Å²) in [6, 6.07) is 0.0828. The van der Waals surface area contributed by atoms with Gasteiger partial charge in [-0.3, -0.25) is 0 Å². The maximum Gasteiger partial charge on any atom is 0.142 e. The molecule has 0 unspecified atom stereocenters. The normalized spacial score (nSPS) is 18.9. The van der Waals surface area contributed by atoms with E-state index >= 15 is 0 Å². The molecule has 22 heavy (non-hydrogen) atoms. The second-order valence-electron chi connectivity index (χ2n) is 8.40. The van der Waals surface area contributed by atoms with E-state index in [4.69, 9.17) is 0 Å². The predicted octanol–water partition coefficient (Wildman–Crippen LogP) is 2.21. The van der Waals surface area contributed by atoms with Gasteiger partial charge in [0.05, 0.1) is 31.2 Å². The third kappa shape index (κ3) is 4.92. The van der Waals surface area contributed by atoms with E-state index in [1.165, 1.54) is 0 Å². The van der Waals surface area contributed by atoms with Gasteiger partial charge in [0, 0.05) is 19.1 Å². The summed E-state index contributed by atoms with van der Waals surface area (Å²) in [6.45, 7) is 13.9. The van der Waals surface area contributed by atoms with Crippen LogP contribution in [0.25, 0.3) is 0 Å². The molecular formula is C17H30N4O. The minimum atomic E-state index is 0.0828. The Labute approximate surface area is 134 Å². The van der Waals surface area contributed by atoms with Gasteiger partial charge in [0.25, 0.3) is 0 Å². The molecule has 0 saturated carbocycles. The van der Waals surface area contributed by atoms with Crippen LogP contribution in [-0.2, 0) is 6.54 Å². The van der Waals surface area contributed by atoms with E-state index in [0.717, 1.165) is 31.0 Å². The van der Waals surface area contributed by atoms with Crippen LogP contribution in [-0.4, -0.2) is 40.8 Å². The first kappa shape index (κ1) is 17.2. The number of aromatic nitrogens is 2. The molecule has 1 aliphatic heterocycles. The molecule has 0 aromatic carbocycles. The van der Waals surface area contributed by atoms with Crippen LogP contribution in [0.1, 0.15) is 46.9 Å². The third-order valence-electron chi connectivity index (χ3n) is 3.92. The quantitative estimate of drug-likeness (QED) is 0.844. The third-order valence-corrected chi connectivity index (χ3v) is 3.92. The van der Waals surface area contributed by atoms with Crippen molar-refractivity contribution in [2.24, 2.45) is 10.8 Å². The number of hydrogen-bond acceptors (Lipinski definition) is 5. The zero-order chi connectivity index (χ0) is 16.4. The highest BCUT2D eigenvalue weighted by molar-refractivity contribution is 5.45. The fraction of sp³-hybridized carbons (Fsp3) is 0.765. The standard InChI is InChI=1S/C17H30N4O/c1-16(2,3)6-13(10-22)18-9-15-19-7-14(8-20-15)21-11-17(4,5)12-21/h7-8,13,18,22H,6,9-12H2,1-5H3/t13-/m1/s1. The van der Waals surface area contributed by atoms with Gasteiger partial charge >= 0.3 is 0 Å². The molecule has 1 atom stereocenters. The van der Waals surface area contributed by atoms with Crippen molar-refractivity contribution in [1.82, 2.24) is 15.3 Å². The van der Waals surface area contributed by atoms with Crippen molar-refractivity contribution in [2.45, 2.75) is 53.6 Å².